The summed E-state index contributed by atoms with van der Waals surface area (Å²) in [6.07, 6.45) is 5.87. The SMILES string of the molecule is CN(C)CCCCc1c[nH]c2ccccc12. The van der Waals surface area contributed by atoms with E-state index in [1.54, 1.807) is 0 Å². The van der Waals surface area contributed by atoms with Gasteiger partial charge in [-0.2, -0.15) is 0 Å². The lowest BCUT2D eigenvalue weighted by Gasteiger charge is -2.08. The monoisotopic (exact) mass is 216 g/mol. The molecule has 0 atom stereocenters. The van der Waals surface area contributed by atoms with Gasteiger partial charge in [0.25, 0.3) is 0 Å². The molecule has 0 saturated carbocycles. The number of H-pyrrole nitrogens is 1. The molecule has 2 rings (SSSR count). The van der Waals surface area contributed by atoms with Gasteiger partial charge >= 0.3 is 0 Å². The molecule has 2 nitrogen and oxygen atoms in total. The minimum Gasteiger partial charge on any atom is -0.361 e. The number of para-hydroxylation sites is 1. The lowest BCUT2D eigenvalue weighted by molar-refractivity contribution is 0.394. The molecule has 0 aliphatic carbocycles. The van der Waals surface area contributed by atoms with Crippen molar-refractivity contribution in [2.24, 2.45) is 0 Å². The Hall–Kier alpha value is -1.28. The van der Waals surface area contributed by atoms with Crippen LogP contribution < -0.4 is 0 Å². The molecular weight excluding hydrogens is 196 g/mol. The van der Waals surface area contributed by atoms with E-state index < -0.39 is 0 Å². The molecule has 0 aliphatic heterocycles. The average molecular weight is 216 g/mol. The van der Waals surface area contributed by atoms with Gasteiger partial charge in [0.2, 0.25) is 0 Å². The highest BCUT2D eigenvalue weighted by atomic mass is 15.0. The number of aromatic amines is 1. The zero-order valence-electron chi connectivity index (χ0n) is 10.2. The molecule has 2 aromatic rings. The molecule has 0 amide bonds. The second-order valence-corrected chi connectivity index (χ2v) is 4.62. The fraction of sp³-hybridized carbons (Fsp3) is 0.429. The quantitative estimate of drug-likeness (QED) is 0.761. The smallest absolute Gasteiger partial charge is 0.0456 e. The average Bonchev–Trinajstić information content (AvgIpc) is 2.68. The van der Waals surface area contributed by atoms with E-state index in [4.69, 9.17) is 0 Å². The van der Waals surface area contributed by atoms with Crippen molar-refractivity contribution in [3.8, 4) is 0 Å². The van der Waals surface area contributed by atoms with Gasteiger partial charge in [0, 0.05) is 17.1 Å². The van der Waals surface area contributed by atoms with E-state index in [1.165, 1.54) is 42.3 Å². The van der Waals surface area contributed by atoms with Crippen molar-refractivity contribution in [3.63, 3.8) is 0 Å². The first-order chi connectivity index (χ1) is 7.77. The Morgan fingerprint density at radius 1 is 1.12 bits per heavy atom. The molecule has 0 bridgehead atoms. The van der Waals surface area contributed by atoms with Crippen LogP contribution in [-0.2, 0) is 6.42 Å². The minimum absolute atomic E-state index is 1.18. The molecule has 0 fully saturated rings. The van der Waals surface area contributed by atoms with Crippen LogP contribution in [-0.4, -0.2) is 30.5 Å². The number of fused-ring (bicyclic) bond motifs is 1. The van der Waals surface area contributed by atoms with Crippen LogP contribution in [0.15, 0.2) is 30.5 Å². The summed E-state index contributed by atoms with van der Waals surface area (Å²) < 4.78 is 0. The highest BCUT2D eigenvalue weighted by molar-refractivity contribution is 5.82. The van der Waals surface area contributed by atoms with Crippen molar-refractivity contribution in [1.82, 2.24) is 9.88 Å². The van der Waals surface area contributed by atoms with Crippen LogP contribution in [0.5, 0.6) is 0 Å². The third-order valence-corrected chi connectivity index (χ3v) is 2.98. The van der Waals surface area contributed by atoms with Crippen LogP contribution in [0.3, 0.4) is 0 Å². The van der Waals surface area contributed by atoms with Gasteiger partial charge < -0.3 is 9.88 Å². The van der Waals surface area contributed by atoms with Gasteiger partial charge in [-0.25, -0.2) is 0 Å². The molecule has 86 valence electrons. The maximum Gasteiger partial charge on any atom is 0.0456 e. The van der Waals surface area contributed by atoms with Crippen molar-refractivity contribution in [2.75, 3.05) is 20.6 Å². The van der Waals surface area contributed by atoms with Crippen LogP contribution in [0.4, 0.5) is 0 Å². The largest absolute Gasteiger partial charge is 0.361 e. The summed E-state index contributed by atoms with van der Waals surface area (Å²) in [4.78, 5) is 5.57. The number of aryl methyl sites for hydroxylation is 1. The van der Waals surface area contributed by atoms with E-state index >= 15 is 0 Å². The van der Waals surface area contributed by atoms with E-state index in [0.717, 1.165) is 0 Å². The summed E-state index contributed by atoms with van der Waals surface area (Å²) in [5.41, 5.74) is 2.71. The Morgan fingerprint density at radius 3 is 2.75 bits per heavy atom. The summed E-state index contributed by atoms with van der Waals surface area (Å²) >= 11 is 0. The molecule has 0 radical (unpaired) electrons. The van der Waals surface area contributed by atoms with Gasteiger partial charge in [-0.1, -0.05) is 18.2 Å². The summed E-state index contributed by atoms with van der Waals surface area (Å²) in [6.45, 7) is 1.18. The fourth-order valence-electron chi connectivity index (χ4n) is 2.08. The number of rotatable bonds is 5. The van der Waals surface area contributed by atoms with Gasteiger partial charge in [-0.05, 0) is 51.5 Å². The molecule has 1 aromatic carbocycles. The summed E-state index contributed by atoms with van der Waals surface area (Å²) in [5, 5.41) is 1.38. The molecule has 1 heterocycles. The molecule has 2 heteroatoms. The van der Waals surface area contributed by atoms with Crippen LogP contribution in [0.1, 0.15) is 18.4 Å². The van der Waals surface area contributed by atoms with Crippen molar-refractivity contribution < 1.29 is 0 Å². The van der Waals surface area contributed by atoms with Gasteiger partial charge in [-0.3, -0.25) is 0 Å². The van der Waals surface area contributed by atoms with Crippen molar-refractivity contribution >= 4 is 10.9 Å². The Balaban J connectivity index is 1.94. The van der Waals surface area contributed by atoms with Crippen molar-refractivity contribution in [1.29, 1.82) is 0 Å². The van der Waals surface area contributed by atoms with E-state index in [-0.39, 0.29) is 0 Å². The zero-order valence-corrected chi connectivity index (χ0v) is 10.2. The van der Waals surface area contributed by atoms with Crippen LogP contribution in [0.2, 0.25) is 0 Å². The minimum atomic E-state index is 1.18. The Kier molecular flexibility index (Phi) is 3.62. The molecular formula is C14H20N2. The lowest BCUT2D eigenvalue weighted by Crippen LogP contribution is -2.12. The molecule has 1 N–H and O–H groups in total. The zero-order chi connectivity index (χ0) is 11.4. The summed E-state index contributed by atoms with van der Waals surface area (Å²) in [7, 11) is 4.26. The number of nitrogens with one attached hydrogen (secondary N) is 1. The fourth-order valence-corrected chi connectivity index (χ4v) is 2.08. The summed E-state index contributed by atoms with van der Waals surface area (Å²) in [6, 6.07) is 8.53. The number of nitrogens with zero attached hydrogens (tertiary/aromatic N) is 1. The first-order valence-electron chi connectivity index (χ1n) is 5.97. The predicted octanol–water partition coefficient (Wildman–Crippen LogP) is 3.05. The topological polar surface area (TPSA) is 19.0 Å². The normalized spacial score (nSPS) is 11.4. The van der Waals surface area contributed by atoms with Crippen molar-refractivity contribution in [2.45, 2.75) is 19.3 Å². The Labute approximate surface area is 97.3 Å². The van der Waals surface area contributed by atoms with Crippen LogP contribution in [0.25, 0.3) is 10.9 Å². The standard InChI is InChI=1S/C14H20N2/c1-16(2)10-6-5-7-12-11-15-14-9-4-3-8-13(12)14/h3-4,8-9,11,15H,5-7,10H2,1-2H3. The van der Waals surface area contributed by atoms with Crippen molar-refractivity contribution in [3.05, 3.63) is 36.0 Å². The second-order valence-electron chi connectivity index (χ2n) is 4.62. The number of hydrogen-bond donors (Lipinski definition) is 1. The molecule has 0 spiro atoms. The van der Waals surface area contributed by atoms with Gasteiger partial charge in [0.1, 0.15) is 0 Å². The van der Waals surface area contributed by atoms with Gasteiger partial charge in [0.15, 0.2) is 0 Å². The van der Waals surface area contributed by atoms with Crippen LogP contribution >= 0.6 is 0 Å². The highest BCUT2D eigenvalue weighted by Gasteiger charge is 2.02. The molecule has 0 unspecified atom stereocenters. The first kappa shape index (κ1) is 11.2. The van der Waals surface area contributed by atoms with Crippen LogP contribution in [0, 0.1) is 0 Å². The van der Waals surface area contributed by atoms with E-state index in [1.807, 2.05) is 0 Å². The number of unbranched alkanes of at least 4 members (excludes halogenated alkanes) is 1. The second kappa shape index (κ2) is 5.17. The van der Waals surface area contributed by atoms with E-state index in [9.17, 15) is 0 Å². The van der Waals surface area contributed by atoms with Gasteiger partial charge in [0.05, 0.1) is 0 Å². The summed E-state index contributed by atoms with van der Waals surface area (Å²) in [5.74, 6) is 0. The highest BCUT2D eigenvalue weighted by Crippen LogP contribution is 2.19. The molecule has 16 heavy (non-hydrogen) atoms. The van der Waals surface area contributed by atoms with E-state index in [0.29, 0.717) is 0 Å². The number of benzene rings is 1. The first-order valence-corrected chi connectivity index (χ1v) is 5.97. The maximum atomic E-state index is 3.33. The third kappa shape index (κ3) is 2.64. The lowest BCUT2D eigenvalue weighted by atomic mass is 10.1. The van der Waals surface area contributed by atoms with E-state index in [2.05, 4.69) is 54.4 Å². The molecule has 0 saturated heterocycles. The third-order valence-electron chi connectivity index (χ3n) is 2.98. The Bertz CT molecular complexity index is 443. The van der Waals surface area contributed by atoms with Gasteiger partial charge in [-0.15, -0.1) is 0 Å². The molecule has 1 aromatic heterocycles. The predicted molar refractivity (Wildman–Crippen MR) is 69.8 cm³/mol. The number of aromatic nitrogens is 1. The maximum absolute atomic E-state index is 3.33. The molecule has 0 aliphatic rings. The number of hydrogen-bond acceptors (Lipinski definition) is 1. The Morgan fingerprint density at radius 2 is 1.94 bits per heavy atom.